The van der Waals surface area contributed by atoms with Gasteiger partial charge in [-0.3, -0.25) is 0 Å². The van der Waals surface area contributed by atoms with Crippen LogP contribution >= 0.6 is 0 Å². The van der Waals surface area contributed by atoms with E-state index in [1.54, 1.807) is 6.92 Å². The number of benzene rings is 1. The average molecular weight is 386 g/mol. The first-order valence-electron chi connectivity index (χ1n) is 7.71. The number of ether oxygens (including phenoxy) is 2. The summed E-state index contributed by atoms with van der Waals surface area (Å²) in [6.07, 6.45) is -8.48. The van der Waals surface area contributed by atoms with Crippen LogP contribution in [0, 0.1) is 0 Å². The number of aromatic hydroxyl groups is 1. The van der Waals surface area contributed by atoms with Crippen molar-refractivity contribution in [3.05, 3.63) is 34.9 Å². The highest BCUT2D eigenvalue weighted by molar-refractivity contribution is 5.61. The molecule has 0 radical (unpaired) electrons. The Morgan fingerprint density at radius 2 is 1.65 bits per heavy atom. The SMILES string of the molecule is CC=Cc1cc(C(OCOC)(C(F)(F)F)C(F)(F)F)cc(CCC)c1O. The van der Waals surface area contributed by atoms with Crippen LogP contribution in [-0.2, 0) is 21.5 Å². The van der Waals surface area contributed by atoms with Gasteiger partial charge in [0.15, 0.2) is 0 Å². The molecule has 26 heavy (non-hydrogen) atoms. The first kappa shape index (κ1) is 22.3. The van der Waals surface area contributed by atoms with Crippen LogP contribution in [0.25, 0.3) is 6.08 Å². The molecule has 0 amide bonds. The molecule has 0 aromatic heterocycles. The van der Waals surface area contributed by atoms with Crippen molar-refractivity contribution in [3.8, 4) is 5.75 Å². The third-order valence-electron chi connectivity index (χ3n) is 3.68. The van der Waals surface area contributed by atoms with E-state index in [0.29, 0.717) is 18.6 Å². The van der Waals surface area contributed by atoms with Gasteiger partial charge in [0.1, 0.15) is 12.5 Å². The van der Waals surface area contributed by atoms with Crippen LogP contribution in [-0.4, -0.2) is 31.4 Å². The molecule has 3 nitrogen and oxygen atoms in total. The first-order valence-corrected chi connectivity index (χ1v) is 7.71. The van der Waals surface area contributed by atoms with E-state index in [1.165, 1.54) is 19.1 Å². The molecule has 0 aliphatic carbocycles. The standard InChI is InChI=1S/C17H20F6O3/c1-4-6-11-8-13(9-12(7-5-2)14(11)24)15(16(18,19)20,17(21,22)23)26-10-25-3/h4,6,8-9,24H,5,7,10H2,1-3H3. The fourth-order valence-corrected chi connectivity index (χ4v) is 2.57. The maximum absolute atomic E-state index is 13.6. The van der Waals surface area contributed by atoms with Crippen LogP contribution in [0.1, 0.15) is 37.0 Å². The Bertz CT molecular complexity index is 621. The lowest BCUT2D eigenvalue weighted by molar-refractivity contribution is -0.400. The second-order valence-electron chi connectivity index (χ2n) is 5.55. The van der Waals surface area contributed by atoms with E-state index in [1.807, 2.05) is 0 Å². The number of hydrogen-bond acceptors (Lipinski definition) is 3. The number of halogens is 6. The Balaban J connectivity index is 3.85. The molecule has 0 unspecified atom stereocenters. The number of methoxy groups -OCH3 is 1. The van der Waals surface area contributed by atoms with Crippen molar-refractivity contribution < 1.29 is 40.9 Å². The molecule has 0 aliphatic heterocycles. The Hall–Kier alpha value is -1.74. The zero-order chi connectivity index (χ0) is 20.2. The van der Waals surface area contributed by atoms with E-state index in [9.17, 15) is 31.4 Å². The predicted molar refractivity (Wildman–Crippen MR) is 83.6 cm³/mol. The Morgan fingerprint density at radius 3 is 2.08 bits per heavy atom. The summed E-state index contributed by atoms with van der Waals surface area (Å²) in [5.41, 5.74) is -5.93. The van der Waals surface area contributed by atoms with Crippen LogP contribution in [0.2, 0.25) is 0 Å². The van der Waals surface area contributed by atoms with E-state index >= 15 is 0 Å². The molecule has 0 saturated carbocycles. The van der Waals surface area contributed by atoms with Gasteiger partial charge in [-0.15, -0.1) is 0 Å². The van der Waals surface area contributed by atoms with E-state index in [-0.39, 0.29) is 23.3 Å². The number of rotatable bonds is 7. The summed E-state index contributed by atoms with van der Waals surface area (Å²) in [5.74, 6) is -0.362. The molecule has 0 atom stereocenters. The summed E-state index contributed by atoms with van der Waals surface area (Å²) in [6, 6.07) is 1.31. The lowest BCUT2D eigenvalue weighted by atomic mass is 9.87. The molecule has 0 aliphatic rings. The second-order valence-corrected chi connectivity index (χ2v) is 5.55. The zero-order valence-corrected chi connectivity index (χ0v) is 14.5. The van der Waals surface area contributed by atoms with Gasteiger partial charge in [-0.1, -0.05) is 25.5 Å². The van der Waals surface area contributed by atoms with Crippen molar-refractivity contribution >= 4 is 6.08 Å². The molecule has 1 rings (SSSR count). The molecule has 0 spiro atoms. The van der Waals surface area contributed by atoms with Crippen LogP contribution in [0.5, 0.6) is 5.75 Å². The average Bonchev–Trinajstić information content (AvgIpc) is 2.50. The lowest BCUT2D eigenvalue weighted by Gasteiger charge is -2.37. The number of phenols is 1. The second kappa shape index (κ2) is 8.30. The summed E-state index contributed by atoms with van der Waals surface area (Å²) in [6.45, 7) is 1.99. The largest absolute Gasteiger partial charge is 0.507 e. The molecule has 0 bridgehead atoms. The Morgan fingerprint density at radius 1 is 1.08 bits per heavy atom. The Kier molecular flexibility index (Phi) is 7.12. The van der Waals surface area contributed by atoms with Crippen LogP contribution in [0.15, 0.2) is 18.2 Å². The maximum atomic E-state index is 13.6. The third-order valence-corrected chi connectivity index (χ3v) is 3.68. The smallest absolute Gasteiger partial charge is 0.430 e. The van der Waals surface area contributed by atoms with Crippen molar-refractivity contribution in [1.82, 2.24) is 0 Å². The van der Waals surface area contributed by atoms with Crippen molar-refractivity contribution in [3.63, 3.8) is 0 Å². The van der Waals surface area contributed by atoms with E-state index < -0.39 is 30.3 Å². The topological polar surface area (TPSA) is 38.7 Å². The van der Waals surface area contributed by atoms with Gasteiger partial charge in [-0.05, 0) is 31.0 Å². The van der Waals surface area contributed by atoms with Gasteiger partial charge in [0, 0.05) is 18.2 Å². The van der Waals surface area contributed by atoms with E-state index in [0.717, 1.165) is 7.11 Å². The van der Waals surface area contributed by atoms with Crippen molar-refractivity contribution in [2.24, 2.45) is 0 Å². The lowest BCUT2D eigenvalue weighted by Crippen LogP contribution is -2.56. The summed E-state index contributed by atoms with van der Waals surface area (Å²) < 4.78 is 90.3. The molecule has 0 heterocycles. The quantitative estimate of drug-likeness (QED) is 0.509. The summed E-state index contributed by atoms with van der Waals surface area (Å²) in [4.78, 5) is 0. The highest BCUT2D eigenvalue weighted by atomic mass is 19.4. The van der Waals surface area contributed by atoms with Crippen LogP contribution in [0.3, 0.4) is 0 Å². The minimum Gasteiger partial charge on any atom is -0.507 e. The molecule has 0 saturated heterocycles. The molecule has 0 fully saturated rings. The van der Waals surface area contributed by atoms with Crippen LogP contribution in [0.4, 0.5) is 26.3 Å². The van der Waals surface area contributed by atoms with Gasteiger partial charge in [-0.2, -0.15) is 26.3 Å². The van der Waals surface area contributed by atoms with Crippen molar-refractivity contribution in [2.75, 3.05) is 13.9 Å². The molecule has 1 aromatic carbocycles. The molecule has 1 N–H and O–H groups in total. The normalized spacial score (nSPS) is 13.6. The van der Waals surface area contributed by atoms with Gasteiger partial charge in [0.2, 0.25) is 0 Å². The van der Waals surface area contributed by atoms with Gasteiger partial charge in [0.05, 0.1) is 0 Å². The van der Waals surface area contributed by atoms with E-state index in [4.69, 9.17) is 0 Å². The van der Waals surface area contributed by atoms with Gasteiger partial charge >= 0.3 is 12.4 Å². The Labute approximate surface area is 147 Å². The third kappa shape index (κ3) is 4.15. The minimum absolute atomic E-state index is 0.0306. The number of aryl methyl sites for hydroxylation is 1. The summed E-state index contributed by atoms with van der Waals surface area (Å²) in [5, 5.41) is 10.1. The molecular weight excluding hydrogens is 366 g/mol. The number of alkyl halides is 6. The van der Waals surface area contributed by atoms with Gasteiger partial charge in [-0.25, -0.2) is 0 Å². The number of phenolic OH excluding ortho intramolecular Hbond substituents is 1. The zero-order valence-electron chi connectivity index (χ0n) is 14.5. The number of hydrogen-bond donors (Lipinski definition) is 1. The summed E-state index contributed by atoms with van der Waals surface area (Å²) in [7, 11) is 0.919. The minimum atomic E-state index is -5.81. The summed E-state index contributed by atoms with van der Waals surface area (Å²) >= 11 is 0. The highest BCUT2D eigenvalue weighted by Gasteiger charge is 2.73. The monoisotopic (exact) mass is 386 g/mol. The number of allylic oxidation sites excluding steroid dienone is 1. The fourth-order valence-electron chi connectivity index (χ4n) is 2.57. The maximum Gasteiger partial charge on any atom is 0.430 e. The molecule has 148 valence electrons. The van der Waals surface area contributed by atoms with Crippen LogP contribution < -0.4 is 0 Å². The van der Waals surface area contributed by atoms with Crippen molar-refractivity contribution in [2.45, 2.75) is 44.6 Å². The fraction of sp³-hybridized carbons (Fsp3) is 0.529. The highest BCUT2D eigenvalue weighted by Crippen LogP contribution is 2.53. The van der Waals surface area contributed by atoms with Gasteiger partial charge in [0.25, 0.3) is 5.60 Å². The predicted octanol–water partition coefficient (Wildman–Crippen LogP) is 5.32. The molecule has 1 aromatic rings. The first-order chi connectivity index (χ1) is 12.0. The molecular formula is C17H20F6O3. The van der Waals surface area contributed by atoms with E-state index in [2.05, 4.69) is 9.47 Å². The van der Waals surface area contributed by atoms with Crippen molar-refractivity contribution in [1.29, 1.82) is 0 Å². The molecule has 9 heteroatoms. The van der Waals surface area contributed by atoms with Gasteiger partial charge < -0.3 is 14.6 Å².